The predicted octanol–water partition coefficient (Wildman–Crippen LogP) is 1.02. The van der Waals surface area contributed by atoms with E-state index in [1.807, 2.05) is 13.2 Å². The van der Waals surface area contributed by atoms with Crippen molar-refractivity contribution in [1.29, 1.82) is 0 Å². The fourth-order valence-electron chi connectivity index (χ4n) is 2.07. The van der Waals surface area contributed by atoms with Gasteiger partial charge in [-0.05, 0) is 23.6 Å². The molecule has 6 heteroatoms. The van der Waals surface area contributed by atoms with Crippen molar-refractivity contribution >= 4 is 11.9 Å². The van der Waals surface area contributed by atoms with Gasteiger partial charge in [-0.25, -0.2) is 4.79 Å². The number of aryl methyl sites for hydroxylation is 1. The number of carbonyl (C=O) groups is 2. The summed E-state index contributed by atoms with van der Waals surface area (Å²) in [6.45, 7) is 0.500. The summed E-state index contributed by atoms with van der Waals surface area (Å²) in [7, 11) is 1.84. The molecule has 0 aliphatic rings. The maximum atomic E-state index is 11.9. The molecule has 0 saturated carbocycles. The fourth-order valence-corrected chi connectivity index (χ4v) is 2.07. The van der Waals surface area contributed by atoms with Gasteiger partial charge >= 0.3 is 5.97 Å². The Morgan fingerprint density at radius 3 is 2.76 bits per heavy atom. The van der Waals surface area contributed by atoms with Crippen LogP contribution in [0.4, 0.5) is 0 Å². The molecule has 0 fully saturated rings. The van der Waals surface area contributed by atoms with Gasteiger partial charge in [-0.2, -0.15) is 5.10 Å². The number of aromatic carboxylic acids is 1. The van der Waals surface area contributed by atoms with Crippen molar-refractivity contribution in [1.82, 2.24) is 15.1 Å². The second-order valence-electron chi connectivity index (χ2n) is 4.76. The van der Waals surface area contributed by atoms with Gasteiger partial charge in [-0.3, -0.25) is 9.48 Å². The van der Waals surface area contributed by atoms with Crippen molar-refractivity contribution in [3.8, 4) is 0 Å². The van der Waals surface area contributed by atoms with Crippen LogP contribution in [0.15, 0.2) is 36.7 Å². The average Bonchev–Trinajstić information content (AvgIpc) is 2.85. The van der Waals surface area contributed by atoms with Crippen LogP contribution >= 0.6 is 0 Å². The Labute approximate surface area is 122 Å². The van der Waals surface area contributed by atoms with E-state index in [0.717, 1.165) is 5.56 Å². The largest absolute Gasteiger partial charge is 0.478 e. The monoisotopic (exact) mass is 287 g/mol. The first-order valence-electron chi connectivity index (χ1n) is 6.61. The summed E-state index contributed by atoms with van der Waals surface area (Å²) < 4.78 is 1.71. The highest BCUT2D eigenvalue weighted by Crippen LogP contribution is 2.09. The second-order valence-corrected chi connectivity index (χ2v) is 4.76. The maximum absolute atomic E-state index is 11.9. The first-order valence-corrected chi connectivity index (χ1v) is 6.61. The molecule has 0 radical (unpaired) electrons. The van der Waals surface area contributed by atoms with Crippen LogP contribution in [0.3, 0.4) is 0 Å². The Morgan fingerprint density at radius 2 is 2.10 bits per heavy atom. The van der Waals surface area contributed by atoms with E-state index in [1.54, 1.807) is 29.1 Å². The predicted molar refractivity (Wildman–Crippen MR) is 77.0 cm³/mol. The number of hydrogen-bond donors (Lipinski definition) is 2. The van der Waals surface area contributed by atoms with Crippen LogP contribution in [0.1, 0.15) is 21.5 Å². The van der Waals surface area contributed by atoms with E-state index in [4.69, 9.17) is 5.11 Å². The lowest BCUT2D eigenvalue weighted by molar-refractivity contribution is -0.120. The lowest BCUT2D eigenvalue weighted by Gasteiger charge is -2.07. The van der Waals surface area contributed by atoms with Gasteiger partial charge in [0.05, 0.1) is 18.2 Å². The Balaban J connectivity index is 1.86. The van der Waals surface area contributed by atoms with E-state index in [-0.39, 0.29) is 17.9 Å². The molecule has 0 saturated heterocycles. The summed E-state index contributed by atoms with van der Waals surface area (Å²) in [6, 6.07) is 6.53. The van der Waals surface area contributed by atoms with Crippen LogP contribution < -0.4 is 5.32 Å². The Morgan fingerprint density at radius 1 is 1.33 bits per heavy atom. The van der Waals surface area contributed by atoms with E-state index < -0.39 is 5.97 Å². The Hall–Kier alpha value is -2.63. The number of nitrogens with zero attached hydrogens (tertiary/aromatic N) is 2. The topological polar surface area (TPSA) is 84.2 Å². The van der Waals surface area contributed by atoms with E-state index in [2.05, 4.69) is 10.4 Å². The standard InChI is InChI=1S/C15H17N3O3/c1-18-10-11(9-17-18)6-7-16-14(19)8-12-4-2-3-5-13(12)15(20)21/h2-5,9-10H,6-8H2,1H3,(H,16,19)(H,20,21). The molecule has 0 atom stereocenters. The lowest BCUT2D eigenvalue weighted by Crippen LogP contribution is -2.27. The molecule has 1 amide bonds. The quantitative estimate of drug-likeness (QED) is 0.830. The zero-order chi connectivity index (χ0) is 15.2. The van der Waals surface area contributed by atoms with Crippen molar-refractivity contribution in [3.63, 3.8) is 0 Å². The molecule has 0 bridgehead atoms. The van der Waals surface area contributed by atoms with E-state index in [1.165, 1.54) is 6.07 Å². The van der Waals surface area contributed by atoms with Gasteiger partial charge in [0.25, 0.3) is 0 Å². The smallest absolute Gasteiger partial charge is 0.335 e. The number of amides is 1. The minimum Gasteiger partial charge on any atom is -0.478 e. The maximum Gasteiger partial charge on any atom is 0.335 e. The van der Waals surface area contributed by atoms with Gasteiger partial charge in [-0.15, -0.1) is 0 Å². The van der Waals surface area contributed by atoms with E-state index in [9.17, 15) is 9.59 Å². The normalized spacial score (nSPS) is 10.3. The van der Waals surface area contributed by atoms with Crippen molar-refractivity contribution < 1.29 is 14.7 Å². The number of carbonyl (C=O) groups excluding carboxylic acids is 1. The molecular weight excluding hydrogens is 270 g/mol. The van der Waals surface area contributed by atoms with Gasteiger partial charge in [-0.1, -0.05) is 18.2 Å². The zero-order valence-electron chi connectivity index (χ0n) is 11.7. The third-order valence-corrected chi connectivity index (χ3v) is 3.09. The molecule has 2 rings (SSSR count). The number of aromatic nitrogens is 2. The van der Waals surface area contributed by atoms with E-state index in [0.29, 0.717) is 18.5 Å². The van der Waals surface area contributed by atoms with Gasteiger partial charge in [0.2, 0.25) is 5.91 Å². The molecular formula is C15H17N3O3. The van der Waals surface area contributed by atoms with Gasteiger partial charge < -0.3 is 10.4 Å². The van der Waals surface area contributed by atoms with Crippen molar-refractivity contribution in [2.45, 2.75) is 12.8 Å². The van der Waals surface area contributed by atoms with Crippen LogP contribution in [-0.2, 0) is 24.7 Å². The molecule has 1 heterocycles. The minimum atomic E-state index is -1.02. The molecule has 21 heavy (non-hydrogen) atoms. The van der Waals surface area contributed by atoms with Crippen molar-refractivity contribution in [2.24, 2.45) is 7.05 Å². The molecule has 2 aromatic rings. The Bertz CT molecular complexity index is 649. The summed E-state index contributed by atoms with van der Waals surface area (Å²) in [5.41, 5.74) is 1.73. The number of hydrogen-bond acceptors (Lipinski definition) is 3. The van der Waals surface area contributed by atoms with Crippen LogP contribution in [0.2, 0.25) is 0 Å². The van der Waals surface area contributed by atoms with E-state index >= 15 is 0 Å². The molecule has 2 N–H and O–H groups in total. The zero-order valence-corrected chi connectivity index (χ0v) is 11.7. The Kier molecular flexibility index (Phi) is 4.71. The SMILES string of the molecule is Cn1cc(CCNC(=O)Cc2ccccc2C(=O)O)cn1. The highest BCUT2D eigenvalue weighted by atomic mass is 16.4. The van der Waals surface area contributed by atoms with Crippen LogP contribution in [-0.4, -0.2) is 33.3 Å². The molecule has 0 aliphatic carbocycles. The number of carboxylic acid groups (broad SMARTS) is 1. The summed E-state index contributed by atoms with van der Waals surface area (Å²) in [5, 5.41) is 15.9. The van der Waals surface area contributed by atoms with Crippen LogP contribution in [0.5, 0.6) is 0 Å². The molecule has 110 valence electrons. The number of carboxylic acids is 1. The number of nitrogens with one attached hydrogen (secondary N) is 1. The van der Waals surface area contributed by atoms with Gasteiger partial charge in [0.1, 0.15) is 0 Å². The average molecular weight is 287 g/mol. The van der Waals surface area contributed by atoms with Crippen molar-refractivity contribution in [3.05, 3.63) is 53.3 Å². The van der Waals surface area contributed by atoms with Gasteiger partial charge in [0, 0.05) is 19.8 Å². The highest BCUT2D eigenvalue weighted by molar-refractivity contribution is 5.91. The third-order valence-electron chi connectivity index (χ3n) is 3.09. The fraction of sp³-hybridized carbons (Fsp3) is 0.267. The lowest BCUT2D eigenvalue weighted by atomic mass is 10.0. The van der Waals surface area contributed by atoms with Gasteiger partial charge in [0.15, 0.2) is 0 Å². The summed E-state index contributed by atoms with van der Waals surface area (Å²) in [4.78, 5) is 22.9. The van der Waals surface area contributed by atoms with Crippen LogP contribution in [0.25, 0.3) is 0 Å². The molecule has 1 aromatic heterocycles. The first kappa shape index (κ1) is 14.8. The summed E-state index contributed by atoms with van der Waals surface area (Å²) in [5.74, 6) is -1.21. The number of rotatable bonds is 6. The molecule has 1 aromatic carbocycles. The summed E-state index contributed by atoms with van der Waals surface area (Å²) in [6.07, 6.45) is 4.41. The first-order chi connectivity index (χ1) is 10.1. The van der Waals surface area contributed by atoms with Crippen LogP contribution in [0, 0.1) is 0 Å². The highest BCUT2D eigenvalue weighted by Gasteiger charge is 2.12. The molecule has 0 spiro atoms. The summed E-state index contributed by atoms with van der Waals surface area (Å²) >= 11 is 0. The van der Waals surface area contributed by atoms with Crippen molar-refractivity contribution in [2.75, 3.05) is 6.54 Å². The number of benzene rings is 1. The second kappa shape index (κ2) is 6.69. The third kappa shape index (κ3) is 4.17. The molecule has 6 nitrogen and oxygen atoms in total. The molecule has 0 unspecified atom stereocenters. The minimum absolute atomic E-state index is 0.0650. The molecule has 0 aliphatic heterocycles.